The van der Waals surface area contributed by atoms with E-state index in [0.29, 0.717) is 29.8 Å². The quantitative estimate of drug-likeness (QED) is 0.853. The smallest absolute Gasteiger partial charge is 0.229 e. The van der Waals surface area contributed by atoms with Gasteiger partial charge in [0.15, 0.2) is 0 Å². The fourth-order valence-electron chi connectivity index (χ4n) is 4.34. The second-order valence-corrected chi connectivity index (χ2v) is 8.03. The number of nitrogens with zero attached hydrogens (tertiary/aromatic N) is 1. The monoisotopic (exact) mass is 371 g/mol. The summed E-state index contributed by atoms with van der Waals surface area (Å²) in [6.45, 7) is 6.42. The van der Waals surface area contributed by atoms with Gasteiger partial charge in [0, 0.05) is 37.3 Å². The van der Waals surface area contributed by atoms with E-state index in [0.717, 1.165) is 12.8 Å². The van der Waals surface area contributed by atoms with Crippen molar-refractivity contribution in [2.24, 2.45) is 17.8 Å². The van der Waals surface area contributed by atoms with Crippen LogP contribution in [0.2, 0.25) is 0 Å². The van der Waals surface area contributed by atoms with Crippen LogP contribution in [0.4, 0.5) is 11.4 Å². The van der Waals surface area contributed by atoms with E-state index in [1.54, 1.807) is 24.3 Å². The molecule has 3 amide bonds. The summed E-state index contributed by atoms with van der Waals surface area (Å²) in [7, 11) is 0. The molecule has 1 aromatic rings. The number of carbonyl (C=O) groups is 3. The normalized spacial score (nSPS) is 28.1. The summed E-state index contributed by atoms with van der Waals surface area (Å²) in [6, 6.07) is 7.30. The van der Waals surface area contributed by atoms with Crippen LogP contribution < -0.4 is 10.6 Å². The highest BCUT2D eigenvalue weighted by Crippen LogP contribution is 2.36. The highest BCUT2D eigenvalue weighted by molar-refractivity contribution is 5.98. The molecule has 1 heterocycles. The zero-order valence-electron chi connectivity index (χ0n) is 16.3. The molecule has 1 saturated carbocycles. The zero-order chi connectivity index (χ0) is 19.6. The Morgan fingerprint density at radius 2 is 1.81 bits per heavy atom. The van der Waals surface area contributed by atoms with Crippen molar-refractivity contribution in [1.29, 1.82) is 0 Å². The number of benzene rings is 1. The Kier molecular flexibility index (Phi) is 5.82. The third-order valence-corrected chi connectivity index (χ3v) is 6.04. The van der Waals surface area contributed by atoms with Gasteiger partial charge in [-0.3, -0.25) is 14.4 Å². The highest BCUT2D eigenvalue weighted by atomic mass is 16.2. The Morgan fingerprint density at radius 1 is 1.11 bits per heavy atom. The number of amides is 3. The van der Waals surface area contributed by atoms with Crippen molar-refractivity contribution >= 4 is 29.1 Å². The second kappa shape index (κ2) is 8.11. The number of rotatable bonds is 4. The Hall–Kier alpha value is -2.37. The summed E-state index contributed by atoms with van der Waals surface area (Å²) in [6.07, 6.45) is 3.67. The maximum Gasteiger partial charge on any atom is 0.229 e. The standard InChI is InChI=1S/C21H29N3O3/c1-13-6-4-9-19(14(13)2)24-12-16(10-20(24)26)21(27)23-18-8-5-7-17(11-18)22-15(3)25/h5,7-8,11,13-14,16,19H,4,6,9-10,12H2,1-3H3,(H,22,25)(H,23,27)/t13-,14+,16+,19+/m0/s1. The van der Waals surface area contributed by atoms with E-state index in [9.17, 15) is 14.4 Å². The summed E-state index contributed by atoms with van der Waals surface area (Å²) in [4.78, 5) is 38.4. The van der Waals surface area contributed by atoms with E-state index < -0.39 is 0 Å². The average molecular weight is 371 g/mol. The van der Waals surface area contributed by atoms with Crippen LogP contribution in [-0.4, -0.2) is 35.2 Å². The Morgan fingerprint density at radius 3 is 2.52 bits per heavy atom. The SMILES string of the molecule is CC(=O)Nc1cccc(NC(=O)[C@@H]2CC(=O)N([C@@H]3CCC[C@H](C)[C@H]3C)C2)c1. The lowest BCUT2D eigenvalue weighted by atomic mass is 9.77. The first-order valence-electron chi connectivity index (χ1n) is 9.83. The Bertz CT molecular complexity index is 733. The summed E-state index contributed by atoms with van der Waals surface area (Å²) in [5.74, 6) is 0.549. The third-order valence-electron chi connectivity index (χ3n) is 6.04. The molecule has 0 unspecified atom stereocenters. The molecule has 1 saturated heterocycles. The summed E-state index contributed by atoms with van der Waals surface area (Å²) >= 11 is 0. The minimum absolute atomic E-state index is 0.0908. The van der Waals surface area contributed by atoms with Crippen LogP contribution in [0.1, 0.15) is 46.5 Å². The molecule has 4 atom stereocenters. The average Bonchev–Trinajstić information content (AvgIpc) is 2.99. The van der Waals surface area contributed by atoms with E-state index in [1.165, 1.54) is 13.3 Å². The first kappa shape index (κ1) is 19.4. The molecule has 1 aliphatic heterocycles. The molecule has 1 aliphatic carbocycles. The van der Waals surface area contributed by atoms with Gasteiger partial charge in [-0.2, -0.15) is 0 Å². The predicted molar refractivity (Wildman–Crippen MR) is 105 cm³/mol. The molecule has 27 heavy (non-hydrogen) atoms. The topological polar surface area (TPSA) is 78.5 Å². The van der Waals surface area contributed by atoms with E-state index in [-0.39, 0.29) is 36.1 Å². The second-order valence-electron chi connectivity index (χ2n) is 8.03. The van der Waals surface area contributed by atoms with Crippen molar-refractivity contribution in [1.82, 2.24) is 4.90 Å². The van der Waals surface area contributed by atoms with Crippen molar-refractivity contribution < 1.29 is 14.4 Å². The summed E-state index contributed by atoms with van der Waals surface area (Å²) in [5.41, 5.74) is 1.26. The lowest BCUT2D eigenvalue weighted by Gasteiger charge is -2.40. The lowest BCUT2D eigenvalue weighted by molar-refractivity contribution is -0.131. The first-order chi connectivity index (χ1) is 12.8. The third kappa shape index (κ3) is 4.49. The molecule has 0 aromatic heterocycles. The van der Waals surface area contributed by atoms with Gasteiger partial charge >= 0.3 is 0 Å². The molecule has 1 aromatic carbocycles. The fourth-order valence-corrected chi connectivity index (χ4v) is 4.34. The molecule has 2 N–H and O–H groups in total. The summed E-state index contributed by atoms with van der Waals surface area (Å²) < 4.78 is 0. The van der Waals surface area contributed by atoms with Gasteiger partial charge in [0.05, 0.1) is 5.92 Å². The van der Waals surface area contributed by atoms with Gasteiger partial charge in [0.25, 0.3) is 0 Å². The molecular formula is C21H29N3O3. The molecule has 0 spiro atoms. The van der Waals surface area contributed by atoms with E-state index in [4.69, 9.17) is 0 Å². The molecule has 3 rings (SSSR count). The van der Waals surface area contributed by atoms with Crippen molar-refractivity contribution in [2.75, 3.05) is 17.2 Å². The van der Waals surface area contributed by atoms with Crippen molar-refractivity contribution in [3.63, 3.8) is 0 Å². The van der Waals surface area contributed by atoms with Crippen LogP contribution in [0.3, 0.4) is 0 Å². The number of hydrogen-bond donors (Lipinski definition) is 2. The Labute approximate surface area is 160 Å². The van der Waals surface area contributed by atoms with Crippen molar-refractivity contribution in [3.05, 3.63) is 24.3 Å². The molecular weight excluding hydrogens is 342 g/mol. The van der Waals surface area contributed by atoms with Crippen LogP contribution in [-0.2, 0) is 14.4 Å². The van der Waals surface area contributed by atoms with Crippen LogP contribution in [0.25, 0.3) is 0 Å². The molecule has 6 heteroatoms. The van der Waals surface area contributed by atoms with Crippen LogP contribution >= 0.6 is 0 Å². The van der Waals surface area contributed by atoms with Gasteiger partial charge in [-0.25, -0.2) is 0 Å². The highest BCUT2D eigenvalue weighted by Gasteiger charge is 2.41. The fraction of sp³-hybridized carbons (Fsp3) is 0.571. The minimum Gasteiger partial charge on any atom is -0.339 e. The molecule has 146 valence electrons. The predicted octanol–water partition coefficient (Wildman–Crippen LogP) is 3.26. The van der Waals surface area contributed by atoms with Crippen molar-refractivity contribution in [2.45, 2.75) is 52.5 Å². The molecule has 0 radical (unpaired) electrons. The zero-order valence-corrected chi connectivity index (χ0v) is 16.3. The van der Waals surface area contributed by atoms with Gasteiger partial charge in [0.1, 0.15) is 0 Å². The lowest BCUT2D eigenvalue weighted by Crippen LogP contribution is -2.45. The van der Waals surface area contributed by atoms with Gasteiger partial charge in [-0.15, -0.1) is 0 Å². The van der Waals surface area contributed by atoms with Gasteiger partial charge in [-0.1, -0.05) is 32.8 Å². The van der Waals surface area contributed by atoms with Gasteiger partial charge < -0.3 is 15.5 Å². The minimum atomic E-state index is -0.327. The Balaban J connectivity index is 1.63. The number of carbonyl (C=O) groups excluding carboxylic acids is 3. The van der Waals surface area contributed by atoms with E-state index >= 15 is 0 Å². The molecule has 6 nitrogen and oxygen atoms in total. The molecule has 0 bridgehead atoms. The van der Waals surface area contributed by atoms with Crippen LogP contribution in [0.15, 0.2) is 24.3 Å². The first-order valence-corrected chi connectivity index (χ1v) is 9.83. The number of hydrogen-bond acceptors (Lipinski definition) is 3. The van der Waals surface area contributed by atoms with Crippen LogP contribution in [0.5, 0.6) is 0 Å². The molecule has 2 fully saturated rings. The van der Waals surface area contributed by atoms with Crippen molar-refractivity contribution in [3.8, 4) is 0 Å². The van der Waals surface area contributed by atoms with Gasteiger partial charge in [0.2, 0.25) is 17.7 Å². The summed E-state index contributed by atoms with van der Waals surface area (Å²) in [5, 5.41) is 5.59. The number of anilines is 2. The van der Waals surface area contributed by atoms with E-state index in [2.05, 4.69) is 24.5 Å². The largest absolute Gasteiger partial charge is 0.339 e. The van der Waals surface area contributed by atoms with Crippen LogP contribution in [0, 0.1) is 17.8 Å². The van der Waals surface area contributed by atoms with E-state index in [1.807, 2.05) is 4.90 Å². The number of likely N-dealkylation sites (tertiary alicyclic amines) is 1. The maximum atomic E-state index is 12.7. The number of nitrogens with one attached hydrogen (secondary N) is 2. The molecule has 2 aliphatic rings. The maximum absolute atomic E-state index is 12.7. The van der Waals surface area contributed by atoms with Gasteiger partial charge in [-0.05, 0) is 36.5 Å².